The van der Waals surface area contributed by atoms with Gasteiger partial charge in [0.25, 0.3) is 0 Å². The Morgan fingerprint density at radius 2 is 1.82 bits per heavy atom. The molecule has 0 saturated carbocycles. The normalized spacial score (nSPS) is 10.5. The third-order valence-corrected chi connectivity index (χ3v) is 4.36. The van der Waals surface area contributed by atoms with E-state index in [-0.39, 0.29) is 19.0 Å². The average Bonchev–Trinajstić information content (AvgIpc) is 3.20. The zero-order valence-electron chi connectivity index (χ0n) is 15.6. The van der Waals surface area contributed by atoms with Crippen molar-refractivity contribution in [2.75, 3.05) is 14.2 Å². The van der Waals surface area contributed by atoms with Crippen LogP contribution in [0, 0.1) is 0 Å². The topological polar surface area (TPSA) is 70.8 Å². The molecule has 0 radical (unpaired) electrons. The second-order valence-electron chi connectivity index (χ2n) is 5.98. The highest BCUT2D eigenvalue weighted by molar-refractivity contribution is 6.30. The average molecular weight is 402 g/mol. The Morgan fingerprint density at radius 1 is 1.07 bits per heavy atom. The molecule has 1 heterocycles. The summed E-state index contributed by atoms with van der Waals surface area (Å²) in [7, 11) is 3.15. The number of benzene rings is 2. The predicted octanol–water partition coefficient (Wildman–Crippen LogP) is 4.69. The number of ether oxygens (including phenoxy) is 3. The van der Waals surface area contributed by atoms with Crippen molar-refractivity contribution in [2.45, 2.75) is 19.4 Å². The van der Waals surface area contributed by atoms with E-state index in [4.69, 9.17) is 30.2 Å². The van der Waals surface area contributed by atoms with Gasteiger partial charge in [-0.15, -0.1) is 0 Å². The Morgan fingerprint density at radius 3 is 2.54 bits per heavy atom. The first-order valence-electron chi connectivity index (χ1n) is 8.66. The number of nitrogens with zero attached hydrogens (tertiary/aromatic N) is 1. The largest absolute Gasteiger partial charge is 0.493 e. The number of hydrogen-bond acceptors (Lipinski definition) is 6. The van der Waals surface area contributed by atoms with Gasteiger partial charge in [-0.1, -0.05) is 17.7 Å². The first-order valence-corrected chi connectivity index (χ1v) is 9.04. The Hall–Kier alpha value is -2.99. The molecule has 3 aromatic rings. The number of oxazole rings is 1. The second-order valence-corrected chi connectivity index (χ2v) is 6.41. The van der Waals surface area contributed by atoms with E-state index in [1.54, 1.807) is 32.5 Å². The Labute approximate surface area is 168 Å². The first-order chi connectivity index (χ1) is 13.6. The van der Waals surface area contributed by atoms with Crippen LogP contribution in [0.25, 0.3) is 11.3 Å². The lowest BCUT2D eigenvalue weighted by atomic mass is 10.1. The second kappa shape index (κ2) is 9.28. The number of esters is 1. The summed E-state index contributed by atoms with van der Waals surface area (Å²) in [5.41, 5.74) is 1.80. The highest BCUT2D eigenvalue weighted by Gasteiger charge is 2.11. The SMILES string of the molecule is COc1ccc(CCC(=O)OCc2ncc(-c3ccc(Cl)cc3)o2)cc1OC. The fourth-order valence-corrected chi connectivity index (χ4v) is 2.75. The maximum Gasteiger partial charge on any atom is 0.306 e. The molecule has 0 unspecified atom stereocenters. The van der Waals surface area contributed by atoms with Gasteiger partial charge in [-0.3, -0.25) is 4.79 Å². The maximum atomic E-state index is 12.0. The van der Waals surface area contributed by atoms with Crippen LogP contribution in [0.15, 0.2) is 53.1 Å². The van der Waals surface area contributed by atoms with Crippen molar-refractivity contribution < 1.29 is 23.4 Å². The van der Waals surface area contributed by atoms with Gasteiger partial charge in [-0.25, -0.2) is 4.98 Å². The van der Waals surface area contributed by atoms with E-state index >= 15 is 0 Å². The van der Waals surface area contributed by atoms with Crippen LogP contribution < -0.4 is 9.47 Å². The van der Waals surface area contributed by atoms with Gasteiger partial charge in [0.15, 0.2) is 23.9 Å². The number of aryl methyl sites for hydroxylation is 1. The van der Waals surface area contributed by atoms with Gasteiger partial charge in [-0.2, -0.15) is 0 Å². The summed E-state index contributed by atoms with van der Waals surface area (Å²) >= 11 is 5.88. The van der Waals surface area contributed by atoms with Gasteiger partial charge >= 0.3 is 5.97 Å². The van der Waals surface area contributed by atoms with Crippen LogP contribution in [-0.2, 0) is 22.6 Å². The molecule has 0 atom stereocenters. The molecule has 0 N–H and O–H groups in total. The molecule has 0 aliphatic rings. The van der Waals surface area contributed by atoms with Crippen LogP contribution in [0.3, 0.4) is 0 Å². The summed E-state index contributed by atoms with van der Waals surface area (Å²) in [6.07, 6.45) is 2.36. The van der Waals surface area contributed by atoms with E-state index < -0.39 is 0 Å². The van der Waals surface area contributed by atoms with Gasteiger partial charge < -0.3 is 18.6 Å². The van der Waals surface area contributed by atoms with Crippen molar-refractivity contribution in [3.63, 3.8) is 0 Å². The maximum absolute atomic E-state index is 12.0. The van der Waals surface area contributed by atoms with Crippen LogP contribution in [0.1, 0.15) is 17.9 Å². The number of carbonyl (C=O) groups excluding carboxylic acids is 1. The molecule has 0 aliphatic carbocycles. The Kier molecular flexibility index (Phi) is 6.55. The smallest absolute Gasteiger partial charge is 0.306 e. The van der Waals surface area contributed by atoms with Crippen LogP contribution in [-0.4, -0.2) is 25.2 Å². The number of carbonyl (C=O) groups is 1. The lowest BCUT2D eigenvalue weighted by Crippen LogP contribution is -2.06. The third-order valence-electron chi connectivity index (χ3n) is 4.10. The minimum absolute atomic E-state index is 0.0155. The molecule has 2 aromatic carbocycles. The number of methoxy groups -OCH3 is 2. The number of aromatic nitrogens is 1. The van der Waals surface area contributed by atoms with Gasteiger partial charge in [0.1, 0.15) is 0 Å². The molecule has 0 saturated heterocycles. The van der Waals surface area contributed by atoms with Gasteiger partial charge in [-0.05, 0) is 48.4 Å². The predicted molar refractivity (Wildman–Crippen MR) is 105 cm³/mol. The number of rotatable bonds is 8. The highest BCUT2D eigenvalue weighted by Crippen LogP contribution is 2.28. The lowest BCUT2D eigenvalue weighted by molar-refractivity contribution is -0.145. The monoisotopic (exact) mass is 401 g/mol. The van der Waals surface area contributed by atoms with Crippen molar-refractivity contribution >= 4 is 17.6 Å². The van der Waals surface area contributed by atoms with Crippen molar-refractivity contribution in [1.82, 2.24) is 4.98 Å². The molecule has 0 fully saturated rings. The summed E-state index contributed by atoms with van der Waals surface area (Å²) in [5.74, 6) is 1.87. The molecule has 6 nitrogen and oxygen atoms in total. The fraction of sp³-hybridized carbons (Fsp3) is 0.238. The lowest BCUT2D eigenvalue weighted by Gasteiger charge is -2.09. The summed E-state index contributed by atoms with van der Waals surface area (Å²) in [5, 5.41) is 0.645. The quantitative estimate of drug-likeness (QED) is 0.510. The van der Waals surface area contributed by atoms with Crippen molar-refractivity contribution in [2.24, 2.45) is 0 Å². The summed E-state index contributed by atoms with van der Waals surface area (Å²) < 4.78 is 21.3. The summed E-state index contributed by atoms with van der Waals surface area (Å²) in [6, 6.07) is 12.8. The Bertz CT molecular complexity index is 936. The van der Waals surface area contributed by atoms with Crippen LogP contribution in [0.5, 0.6) is 11.5 Å². The van der Waals surface area contributed by atoms with Crippen LogP contribution >= 0.6 is 11.6 Å². The van der Waals surface area contributed by atoms with E-state index in [9.17, 15) is 4.79 Å². The summed E-state index contributed by atoms with van der Waals surface area (Å²) in [6.45, 7) is -0.0155. The van der Waals surface area contributed by atoms with Crippen LogP contribution in [0.2, 0.25) is 5.02 Å². The van der Waals surface area contributed by atoms with E-state index in [1.807, 2.05) is 30.3 Å². The van der Waals surface area contributed by atoms with Crippen molar-refractivity contribution in [3.05, 3.63) is 65.1 Å². The van der Waals surface area contributed by atoms with Gasteiger partial charge in [0.05, 0.1) is 20.4 Å². The zero-order chi connectivity index (χ0) is 19.9. The standard InChI is InChI=1S/C21H20ClNO5/c1-25-17-9-3-14(11-18(17)26-2)4-10-21(24)27-13-20-23-12-19(28-20)15-5-7-16(22)8-6-15/h3,5-9,11-12H,4,10,13H2,1-2H3. The van der Waals surface area contributed by atoms with E-state index in [0.29, 0.717) is 34.6 Å². The van der Waals surface area contributed by atoms with E-state index in [2.05, 4.69) is 4.98 Å². The fourth-order valence-electron chi connectivity index (χ4n) is 2.62. The minimum atomic E-state index is -0.332. The molecule has 3 rings (SSSR count). The molecule has 146 valence electrons. The molecular formula is C21H20ClNO5. The molecular weight excluding hydrogens is 382 g/mol. The molecule has 28 heavy (non-hydrogen) atoms. The number of halogens is 1. The molecule has 0 aliphatic heterocycles. The van der Waals surface area contributed by atoms with E-state index in [0.717, 1.165) is 11.1 Å². The molecule has 1 aromatic heterocycles. The summed E-state index contributed by atoms with van der Waals surface area (Å²) in [4.78, 5) is 16.2. The minimum Gasteiger partial charge on any atom is -0.493 e. The molecule has 0 bridgehead atoms. The first kappa shape index (κ1) is 19.8. The van der Waals surface area contributed by atoms with Crippen LogP contribution in [0.4, 0.5) is 0 Å². The zero-order valence-corrected chi connectivity index (χ0v) is 16.4. The van der Waals surface area contributed by atoms with Gasteiger partial charge in [0.2, 0.25) is 5.89 Å². The molecule has 7 heteroatoms. The van der Waals surface area contributed by atoms with E-state index in [1.165, 1.54) is 0 Å². The van der Waals surface area contributed by atoms with Gasteiger partial charge in [0, 0.05) is 17.0 Å². The molecule has 0 amide bonds. The number of hydrogen-bond donors (Lipinski definition) is 0. The molecule has 0 spiro atoms. The van der Waals surface area contributed by atoms with Crippen molar-refractivity contribution in [1.29, 1.82) is 0 Å². The third kappa shape index (κ3) is 5.04. The van der Waals surface area contributed by atoms with Crippen molar-refractivity contribution in [3.8, 4) is 22.8 Å². The Balaban J connectivity index is 1.50. The highest BCUT2D eigenvalue weighted by atomic mass is 35.5.